The molecule has 3 N–H and O–H groups in total. The molecule has 7 heteroatoms. The van der Waals surface area contributed by atoms with Gasteiger partial charge in [0.2, 0.25) is 5.91 Å². The fraction of sp³-hybridized carbons (Fsp3) is 0.182. The molecular weight excluding hydrogens is 245 g/mol. The summed E-state index contributed by atoms with van der Waals surface area (Å²) in [5, 5.41) is 19.3. The molecule has 1 aromatic rings. The summed E-state index contributed by atoms with van der Waals surface area (Å²) < 4.78 is 13.3. The van der Waals surface area contributed by atoms with Crippen molar-refractivity contribution in [2.45, 2.75) is 6.92 Å². The highest BCUT2D eigenvalue weighted by Gasteiger charge is 2.21. The van der Waals surface area contributed by atoms with Crippen molar-refractivity contribution < 1.29 is 29.0 Å². The summed E-state index contributed by atoms with van der Waals surface area (Å²) in [6, 6.07) is 2.84. The van der Waals surface area contributed by atoms with E-state index in [9.17, 15) is 18.8 Å². The molecule has 0 aliphatic rings. The van der Waals surface area contributed by atoms with Gasteiger partial charge in [0, 0.05) is 0 Å². The largest absolute Gasteiger partial charge is 0.481 e. The van der Waals surface area contributed by atoms with Gasteiger partial charge in [-0.2, -0.15) is 0 Å². The molecule has 0 aromatic heterocycles. The normalized spacial score (nSPS) is 11.7. The van der Waals surface area contributed by atoms with Crippen LogP contribution in [0.4, 0.5) is 10.1 Å². The molecular formula is C11H10FNO5. The van der Waals surface area contributed by atoms with E-state index in [0.717, 1.165) is 25.1 Å². The Balaban J connectivity index is 2.97. The Kier molecular flexibility index (Phi) is 3.98. The molecule has 1 atom stereocenters. The summed E-state index contributed by atoms with van der Waals surface area (Å²) in [5.41, 5.74) is -0.581. The van der Waals surface area contributed by atoms with Crippen LogP contribution in [0.2, 0.25) is 0 Å². The molecule has 96 valence electrons. The number of aliphatic carboxylic acids is 1. The fourth-order valence-corrected chi connectivity index (χ4v) is 1.11. The van der Waals surface area contributed by atoms with Gasteiger partial charge in [0.25, 0.3) is 0 Å². The predicted molar refractivity (Wildman–Crippen MR) is 58.8 cm³/mol. The quantitative estimate of drug-likeness (QED) is 0.701. The van der Waals surface area contributed by atoms with Crippen molar-refractivity contribution in [3.05, 3.63) is 29.6 Å². The zero-order chi connectivity index (χ0) is 13.9. The molecule has 6 nitrogen and oxygen atoms in total. The van der Waals surface area contributed by atoms with Crippen molar-refractivity contribution in [3.8, 4) is 0 Å². The topological polar surface area (TPSA) is 104 Å². The van der Waals surface area contributed by atoms with Gasteiger partial charge in [-0.25, -0.2) is 9.18 Å². The monoisotopic (exact) mass is 255 g/mol. The minimum Gasteiger partial charge on any atom is -0.481 e. The van der Waals surface area contributed by atoms with Gasteiger partial charge in [-0.15, -0.1) is 0 Å². The Hall–Kier alpha value is -2.44. The van der Waals surface area contributed by atoms with Crippen molar-refractivity contribution in [2.24, 2.45) is 5.92 Å². The second-order valence-electron chi connectivity index (χ2n) is 3.55. The number of carboxylic acid groups (broad SMARTS) is 2. The van der Waals surface area contributed by atoms with Crippen LogP contribution in [0.3, 0.4) is 0 Å². The van der Waals surface area contributed by atoms with Crippen LogP contribution in [0.25, 0.3) is 0 Å². The number of carbonyl (C=O) groups is 3. The molecule has 0 radical (unpaired) electrons. The second kappa shape index (κ2) is 5.26. The number of anilines is 1. The lowest BCUT2D eigenvalue weighted by atomic mass is 10.1. The number of aromatic carboxylic acids is 1. The van der Waals surface area contributed by atoms with Crippen LogP contribution in [0.15, 0.2) is 18.2 Å². The Morgan fingerprint density at radius 2 is 1.89 bits per heavy atom. The van der Waals surface area contributed by atoms with E-state index in [-0.39, 0.29) is 11.3 Å². The molecule has 0 heterocycles. The summed E-state index contributed by atoms with van der Waals surface area (Å²) in [5.74, 6) is -5.77. The number of carboxylic acids is 2. The molecule has 0 fully saturated rings. The Labute approximate surface area is 101 Å². The van der Waals surface area contributed by atoms with E-state index in [2.05, 4.69) is 0 Å². The number of rotatable bonds is 4. The number of hydrogen-bond acceptors (Lipinski definition) is 3. The Morgan fingerprint density at radius 3 is 2.39 bits per heavy atom. The van der Waals surface area contributed by atoms with E-state index in [0.29, 0.717) is 0 Å². The molecule has 0 spiro atoms. The molecule has 0 saturated carbocycles. The maximum Gasteiger partial charge on any atom is 0.335 e. The van der Waals surface area contributed by atoms with Crippen LogP contribution in [0, 0.1) is 11.7 Å². The van der Waals surface area contributed by atoms with Crippen LogP contribution < -0.4 is 5.32 Å². The smallest absolute Gasteiger partial charge is 0.335 e. The number of halogens is 1. The predicted octanol–water partition coefficient (Wildman–Crippen LogP) is 1.18. The molecule has 1 aromatic carbocycles. The van der Waals surface area contributed by atoms with Crippen molar-refractivity contribution in [3.63, 3.8) is 0 Å². The SMILES string of the molecule is CC(C(=O)O)C(=O)Nc1cc(C(=O)O)ccc1F. The highest BCUT2D eigenvalue weighted by molar-refractivity contribution is 6.04. The molecule has 18 heavy (non-hydrogen) atoms. The number of hydrogen-bond donors (Lipinski definition) is 3. The van der Waals surface area contributed by atoms with Gasteiger partial charge in [-0.1, -0.05) is 0 Å². The molecule has 1 unspecified atom stereocenters. The van der Waals surface area contributed by atoms with Gasteiger partial charge in [0.15, 0.2) is 0 Å². The zero-order valence-electron chi connectivity index (χ0n) is 9.31. The van der Waals surface area contributed by atoms with Gasteiger partial charge < -0.3 is 15.5 Å². The van der Waals surface area contributed by atoms with Crippen LogP contribution in [0.1, 0.15) is 17.3 Å². The molecule has 0 bridgehead atoms. The van der Waals surface area contributed by atoms with Crippen molar-refractivity contribution in [1.82, 2.24) is 0 Å². The number of amides is 1. The third kappa shape index (κ3) is 3.03. The van der Waals surface area contributed by atoms with Gasteiger partial charge in [0.1, 0.15) is 11.7 Å². The van der Waals surface area contributed by atoms with E-state index in [1.807, 2.05) is 5.32 Å². The van der Waals surface area contributed by atoms with Gasteiger partial charge in [-0.05, 0) is 25.1 Å². The van der Waals surface area contributed by atoms with Crippen LogP contribution in [-0.4, -0.2) is 28.1 Å². The minimum atomic E-state index is -1.36. The summed E-state index contributed by atoms with van der Waals surface area (Å²) in [7, 11) is 0. The lowest BCUT2D eigenvalue weighted by Crippen LogP contribution is -2.27. The van der Waals surface area contributed by atoms with Gasteiger partial charge in [-0.3, -0.25) is 9.59 Å². The van der Waals surface area contributed by atoms with E-state index in [1.54, 1.807) is 0 Å². The molecule has 1 rings (SSSR count). The fourth-order valence-electron chi connectivity index (χ4n) is 1.11. The summed E-state index contributed by atoms with van der Waals surface area (Å²) >= 11 is 0. The van der Waals surface area contributed by atoms with Crippen molar-refractivity contribution >= 4 is 23.5 Å². The lowest BCUT2D eigenvalue weighted by Gasteiger charge is -2.09. The molecule has 0 aliphatic heterocycles. The first-order chi connectivity index (χ1) is 8.32. The summed E-state index contributed by atoms with van der Waals surface area (Å²) in [6.07, 6.45) is 0. The molecule has 1 amide bonds. The van der Waals surface area contributed by atoms with Crippen LogP contribution in [-0.2, 0) is 9.59 Å². The van der Waals surface area contributed by atoms with E-state index in [1.165, 1.54) is 0 Å². The molecule has 0 aliphatic carbocycles. The maximum atomic E-state index is 13.3. The third-order valence-electron chi connectivity index (χ3n) is 2.23. The second-order valence-corrected chi connectivity index (χ2v) is 3.55. The number of carbonyl (C=O) groups excluding carboxylic acids is 1. The Morgan fingerprint density at radius 1 is 1.28 bits per heavy atom. The maximum absolute atomic E-state index is 13.3. The van der Waals surface area contributed by atoms with E-state index >= 15 is 0 Å². The zero-order valence-corrected chi connectivity index (χ0v) is 9.31. The molecule has 0 saturated heterocycles. The first-order valence-corrected chi connectivity index (χ1v) is 4.89. The van der Waals surface area contributed by atoms with Crippen LogP contribution >= 0.6 is 0 Å². The minimum absolute atomic E-state index is 0.213. The van der Waals surface area contributed by atoms with Crippen molar-refractivity contribution in [1.29, 1.82) is 0 Å². The highest BCUT2D eigenvalue weighted by atomic mass is 19.1. The standard InChI is InChI=1S/C11H10FNO5/c1-5(10(15)16)9(14)13-8-4-6(11(17)18)2-3-7(8)12/h2-5H,1H3,(H,13,14)(H,15,16)(H,17,18). The number of nitrogens with one attached hydrogen (secondary N) is 1. The highest BCUT2D eigenvalue weighted by Crippen LogP contribution is 2.17. The summed E-state index contributed by atoms with van der Waals surface area (Å²) in [4.78, 5) is 32.6. The van der Waals surface area contributed by atoms with Gasteiger partial charge in [0.05, 0.1) is 11.3 Å². The van der Waals surface area contributed by atoms with E-state index < -0.39 is 29.6 Å². The third-order valence-corrected chi connectivity index (χ3v) is 2.23. The number of benzene rings is 1. The first kappa shape index (κ1) is 13.6. The van der Waals surface area contributed by atoms with E-state index in [4.69, 9.17) is 10.2 Å². The average Bonchev–Trinajstić information content (AvgIpc) is 2.30. The van der Waals surface area contributed by atoms with Crippen molar-refractivity contribution in [2.75, 3.05) is 5.32 Å². The average molecular weight is 255 g/mol. The summed E-state index contributed by atoms with van der Waals surface area (Å²) in [6.45, 7) is 1.14. The van der Waals surface area contributed by atoms with Gasteiger partial charge >= 0.3 is 11.9 Å². The Bertz CT molecular complexity index is 514. The lowest BCUT2D eigenvalue weighted by molar-refractivity contribution is -0.144. The first-order valence-electron chi connectivity index (χ1n) is 4.89. The van der Waals surface area contributed by atoms with Crippen LogP contribution in [0.5, 0.6) is 0 Å².